The first kappa shape index (κ1) is 21.0. The lowest BCUT2D eigenvalue weighted by Gasteiger charge is -2.28. The molecule has 0 bridgehead atoms. The molecule has 0 spiro atoms. The number of nitrogens with one attached hydrogen (secondary N) is 1. The molecule has 0 radical (unpaired) electrons. The summed E-state index contributed by atoms with van der Waals surface area (Å²) in [6.45, 7) is 1.61. The standard InChI is InChI=1S/C17H22F3NO4/c1-16(11-25-2,10-15(23)24)21-14(22)8-4-6-12-5-3-7-13(9-12)17(18,19)20/h3,5,7,9H,4,6,8,10-11H2,1-2H3,(H,21,22)(H,23,24). The number of carboxylic acid groups (broad SMARTS) is 1. The Morgan fingerprint density at radius 3 is 2.52 bits per heavy atom. The predicted octanol–water partition coefficient (Wildman–Crippen LogP) is 3.02. The van der Waals surface area contributed by atoms with E-state index < -0.39 is 23.2 Å². The Morgan fingerprint density at radius 1 is 1.28 bits per heavy atom. The molecule has 0 aliphatic heterocycles. The Labute approximate surface area is 144 Å². The number of rotatable bonds is 9. The van der Waals surface area contributed by atoms with Crippen LogP contribution in [-0.4, -0.2) is 36.2 Å². The van der Waals surface area contributed by atoms with Crippen molar-refractivity contribution in [1.29, 1.82) is 0 Å². The number of carboxylic acids is 1. The fourth-order valence-electron chi connectivity index (χ4n) is 2.54. The Bertz CT molecular complexity index is 604. The average molecular weight is 361 g/mol. The summed E-state index contributed by atoms with van der Waals surface area (Å²) in [5, 5.41) is 11.5. The second-order valence-electron chi connectivity index (χ2n) is 6.16. The zero-order chi connectivity index (χ0) is 19.1. The van der Waals surface area contributed by atoms with E-state index in [-0.39, 0.29) is 25.4 Å². The van der Waals surface area contributed by atoms with Gasteiger partial charge >= 0.3 is 12.1 Å². The number of aliphatic carboxylic acids is 1. The van der Waals surface area contributed by atoms with Crippen LogP contribution in [0.2, 0.25) is 0 Å². The molecule has 5 nitrogen and oxygen atoms in total. The Balaban J connectivity index is 2.55. The van der Waals surface area contributed by atoms with Gasteiger partial charge in [-0.3, -0.25) is 9.59 Å². The summed E-state index contributed by atoms with van der Waals surface area (Å²) < 4.78 is 42.9. The van der Waals surface area contributed by atoms with E-state index in [2.05, 4.69) is 5.32 Å². The third-order valence-electron chi connectivity index (χ3n) is 3.57. The Kier molecular flexibility index (Phi) is 7.41. The Hall–Kier alpha value is -2.09. The van der Waals surface area contributed by atoms with Crippen LogP contribution in [0.25, 0.3) is 0 Å². The highest BCUT2D eigenvalue weighted by molar-refractivity contribution is 5.78. The van der Waals surface area contributed by atoms with E-state index in [1.54, 1.807) is 13.0 Å². The van der Waals surface area contributed by atoms with Crippen LogP contribution in [0.15, 0.2) is 24.3 Å². The second kappa shape index (κ2) is 8.84. The molecule has 0 saturated carbocycles. The van der Waals surface area contributed by atoms with Gasteiger partial charge in [-0.15, -0.1) is 0 Å². The summed E-state index contributed by atoms with van der Waals surface area (Å²) in [4.78, 5) is 22.9. The molecule has 1 aromatic carbocycles. The molecule has 0 aromatic heterocycles. The summed E-state index contributed by atoms with van der Waals surface area (Å²) in [5.74, 6) is -1.43. The minimum absolute atomic E-state index is 0.0403. The third kappa shape index (κ3) is 7.55. The predicted molar refractivity (Wildman–Crippen MR) is 85.1 cm³/mol. The van der Waals surface area contributed by atoms with E-state index in [0.29, 0.717) is 18.4 Å². The largest absolute Gasteiger partial charge is 0.481 e. The number of benzene rings is 1. The highest BCUT2D eigenvalue weighted by Gasteiger charge is 2.31. The van der Waals surface area contributed by atoms with Crippen molar-refractivity contribution in [3.8, 4) is 0 Å². The van der Waals surface area contributed by atoms with Crippen molar-refractivity contribution < 1.29 is 32.6 Å². The molecule has 1 unspecified atom stereocenters. The quantitative estimate of drug-likeness (QED) is 0.709. The van der Waals surface area contributed by atoms with Crippen LogP contribution in [0.3, 0.4) is 0 Å². The number of alkyl halides is 3. The molecule has 1 rings (SSSR count). The highest BCUT2D eigenvalue weighted by Crippen LogP contribution is 2.29. The normalized spacial score (nSPS) is 14.0. The molecule has 1 amide bonds. The van der Waals surface area contributed by atoms with E-state index >= 15 is 0 Å². The van der Waals surface area contributed by atoms with E-state index in [4.69, 9.17) is 9.84 Å². The number of methoxy groups -OCH3 is 1. The monoisotopic (exact) mass is 361 g/mol. The highest BCUT2D eigenvalue weighted by atomic mass is 19.4. The van der Waals surface area contributed by atoms with Gasteiger partial charge < -0.3 is 15.2 Å². The van der Waals surface area contributed by atoms with Crippen LogP contribution in [0, 0.1) is 0 Å². The van der Waals surface area contributed by atoms with Gasteiger partial charge in [0.2, 0.25) is 5.91 Å². The molecular formula is C17H22F3NO4. The van der Waals surface area contributed by atoms with Crippen molar-refractivity contribution in [2.75, 3.05) is 13.7 Å². The van der Waals surface area contributed by atoms with Crippen molar-refractivity contribution in [3.63, 3.8) is 0 Å². The van der Waals surface area contributed by atoms with Crippen LogP contribution in [0.1, 0.15) is 37.3 Å². The molecule has 0 fully saturated rings. The topological polar surface area (TPSA) is 75.6 Å². The molecule has 1 aromatic rings. The molecule has 0 aliphatic carbocycles. The summed E-state index contributed by atoms with van der Waals surface area (Å²) >= 11 is 0. The van der Waals surface area contributed by atoms with Crippen molar-refractivity contribution in [2.24, 2.45) is 0 Å². The smallest absolute Gasteiger partial charge is 0.416 e. The molecule has 0 saturated heterocycles. The molecule has 2 N–H and O–H groups in total. The maximum atomic E-state index is 12.7. The maximum Gasteiger partial charge on any atom is 0.416 e. The van der Waals surface area contributed by atoms with Crippen LogP contribution >= 0.6 is 0 Å². The minimum Gasteiger partial charge on any atom is -0.481 e. The van der Waals surface area contributed by atoms with Crippen molar-refractivity contribution in [3.05, 3.63) is 35.4 Å². The minimum atomic E-state index is -4.40. The van der Waals surface area contributed by atoms with Gasteiger partial charge in [0.15, 0.2) is 0 Å². The summed E-state index contributed by atoms with van der Waals surface area (Å²) in [6.07, 6.45) is -3.94. The van der Waals surface area contributed by atoms with Gasteiger partial charge in [0.05, 0.1) is 24.1 Å². The number of aryl methyl sites for hydroxylation is 1. The van der Waals surface area contributed by atoms with Crippen LogP contribution in [0.4, 0.5) is 13.2 Å². The fraction of sp³-hybridized carbons (Fsp3) is 0.529. The lowest BCUT2D eigenvalue weighted by Crippen LogP contribution is -2.50. The molecule has 0 aliphatic rings. The van der Waals surface area contributed by atoms with Crippen molar-refractivity contribution in [1.82, 2.24) is 5.32 Å². The number of carbonyl (C=O) groups is 2. The number of halogens is 3. The first-order chi connectivity index (χ1) is 11.6. The molecule has 8 heteroatoms. The first-order valence-corrected chi connectivity index (χ1v) is 7.73. The van der Waals surface area contributed by atoms with E-state index in [9.17, 15) is 22.8 Å². The lowest BCUT2D eigenvalue weighted by atomic mass is 9.98. The zero-order valence-corrected chi connectivity index (χ0v) is 14.2. The number of carbonyl (C=O) groups excluding carboxylic acids is 1. The van der Waals surface area contributed by atoms with Gasteiger partial charge in [-0.05, 0) is 31.4 Å². The van der Waals surface area contributed by atoms with Gasteiger partial charge in [0, 0.05) is 13.5 Å². The average Bonchev–Trinajstić information content (AvgIpc) is 2.45. The number of hydrogen-bond donors (Lipinski definition) is 2. The van der Waals surface area contributed by atoms with E-state index in [1.807, 2.05) is 0 Å². The van der Waals surface area contributed by atoms with Crippen LogP contribution in [0.5, 0.6) is 0 Å². The summed E-state index contributed by atoms with van der Waals surface area (Å²) in [7, 11) is 1.40. The van der Waals surface area contributed by atoms with Crippen molar-refractivity contribution in [2.45, 2.75) is 44.3 Å². The number of amides is 1. The summed E-state index contributed by atoms with van der Waals surface area (Å²) in [5.41, 5.74) is -1.26. The van der Waals surface area contributed by atoms with E-state index in [1.165, 1.54) is 13.2 Å². The molecule has 0 heterocycles. The molecule has 25 heavy (non-hydrogen) atoms. The van der Waals surface area contributed by atoms with Gasteiger partial charge in [-0.25, -0.2) is 0 Å². The van der Waals surface area contributed by atoms with Crippen molar-refractivity contribution >= 4 is 11.9 Å². The van der Waals surface area contributed by atoms with Crippen LogP contribution < -0.4 is 5.32 Å². The first-order valence-electron chi connectivity index (χ1n) is 7.73. The second-order valence-corrected chi connectivity index (χ2v) is 6.16. The van der Waals surface area contributed by atoms with E-state index in [0.717, 1.165) is 12.1 Å². The van der Waals surface area contributed by atoms with Gasteiger partial charge in [-0.2, -0.15) is 13.2 Å². The van der Waals surface area contributed by atoms with Gasteiger partial charge in [0.1, 0.15) is 0 Å². The molecule has 140 valence electrons. The lowest BCUT2D eigenvalue weighted by molar-refractivity contribution is -0.140. The zero-order valence-electron chi connectivity index (χ0n) is 14.2. The fourth-order valence-corrected chi connectivity index (χ4v) is 2.54. The SMILES string of the molecule is COCC(C)(CC(=O)O)NC(=O)CCCc1cccc(C(F)(F)F)c1. The maximum absolute atomic E-state index is 12.7. The third-order valence-corrected chi connectivity index (χ3v) is 3.57. The van der Waals surface area contributed by atoms with Crippen LogP contribution in [-0.2, 0) is 26.9 Å². The number of ether oxygens (including phenoxy) is 1. The summed E-state index contributed by atoms with van der Waals surface area (Å²) in [6, 6.07) is 4.98. The van der Waals surface area contributed by atoms with Gasteiger partial charge in [-0.1, -0.05) is 18.2 Å². The molecule has 1 atom stereocenters. The van der Waals surface area contributed by atoms with Gasteiger partial charge in [0.25, 0.3) is 0 Å². The number of hydrogen-bond acceptors (Lipinski definition) is 3. The molecular weight excluding hydrogens is 339 g/mol. The Morgan fingerprint density at radius 2 is 1.96 bits per heavy atom.